The minimum absolute atomic E-state index is 0.915. The fourth-order valence-corrected chi connectivity index (χ4v) is 6.49. The van der Waals surface area contributed by atoms with Crippen LogP contribution in [-0.4, -0.2) is 9.97 Å². The number of aromatic nitrogens is 2. The van der Waals surface area contributed by atoms with Crippen molar-refractivity contribution >= 4 is 0 Å². The third-order valence-electron chi connectivity index (χ3n) is 8.77. The Bertz CT molecular complexity index is 579. The van der Waals surface area contributed by atoms with Crippen LogP contribution in [0, 0.1) is 23.7 Å². The van der Waals surface area contributed by atoms with Crippen molar-refractivity contribution in [2.75, 3.05) is 0 Å². The van der Waals surface area contributed by atoms with Crippen LogP contribution >= 0.6 is 0 Å². The molecule has 0 aliphatic heterocycles. The maximum atomic E-state index is 4.69. The van der Waals surface area contributed by atoms with Gasteiger partial charge >= 0.3 is 0 Å². The zero-order chi connectivity index (χ0) is 22.4. The van der Waals surface area contributed by atoms with Crippen molar-refractivity contribution < 1.29 is 0 Å². The Morgan fingerprint density at radius 3 is 1.72 bits per heavy atom. The van der Waals surface area contributed by atoms with Crippen molar-refractivity contribution in [1.29, 1.82) is 0 Å². The summed E-state index contributed by atoms with van der Waals surface area (Å²) in [5, 5.41) is 0. The lowest BCUT2D eigenvalue weighted by atomic mass is 9.68. The van der Waals surface area contributed by atoms with Crippen molar-refractivity contribution in [3.8, 4) is 0 Å². The van der Waals surface area contributed by atoms with Gasteiger partial charge in [-0.3, -0.25) is 0 Å². The summed E-state index contributed by atoms with van der Waals surface area (Å²) in [6.07, 6.45) is 32.2. The van der Waals surface area contributed by atoms with Gasteiger partial charge in [0.15, 0.2) is 0 Å². The summed E-state index contributed by atoms with van der Waals surface area (Å²) in [6, 6.07) is 0. The number of hydrogen-bond acceptors (Lipinski definition) is 2. The van der Waals surface area contributed by atoms with Crippen molar-refractivity contribution in [3.63, 3.8) is 0 Å². The summed E-state index contributed by atoms with van der Waals surface area (Å²) in [5.74, 6) is 5.13. The lowest BCUT2D eigenvalue weighted by molar-refractivity contribution is 0.140. The van der Waals surface area contributed by atoms with Crippen LogP contribution in [0.25, 0.3) is 0 Å². The molecule has 1 aromatic heterocycles. The van der Waals surface area contributed by atoms with Gasteiger partial charge in [-0.25, -0.2) is 9.97 Å². The highest BCUT2D eigenvalue weighted by Crippen LogP contribution is 2.43. The van der Waals surface area contributed by atoms with Crippen LogP contribution in [0.1, 0.15) is 141 Å². The van der Waals surface area contributed by atoms with Crippen LogP contribution in [0.2, 0.25) is 0 Å². The van der Waals surface area contributed by atoms with Gasteiger partial charge < -0.3 is 0 Å². The standard InChI is InChI=1S/C30H52N2/c1-3-5-7-8-10-12-27-23-31-30(32-24-27)22-17-26-15-20-29(21-16-26)28-18-13-25(14-19-28)11-9-6-4-2/h23-26,28-29H,3-22H2,1-2H3/t25-,26-,28-,29-. The molecule has 2 heteroatoms. The van der Waals surface area contributed by atoms with Gasteiger partial charge in [0, 0.05) is 18.8 Å². The molecule has 1 heterocycles. The molecule has 0 spiro atoms. The Hall–Kier alpha value is -0.920. The lowest BCUT2D eigenvalue weighted by Gasteiger charge is -2.38. The smallest absolute Gasteiger partial charge is 0.128 e. The van der Waals surface area contributed by atoms with Crippen LogP contribution in [0.15, 0.2) is 12.4 Å². The number of nitrogens with zero attached hydrogens (tertiary/aromatic N) is 2. The normalized spacial score (nSPS) is 26.3. The molecule has 0 aromatic carbocycles. The zero-order valence-electron chi connectivity index (χ0n) is 21.5. The van der Waals surface area contributed by atoms with E-state index in [4.69, 9.17) is 0 Å². The minimum atomic E-state index is 0.915. The predicted octanol–water partition coefficient (Wildman–Crippen LogP) is 9.12. The molecule has 2 nitrogen and oxygen atoms in total. The molecule has 0 radical (unpaired) electrons. The zero-order valence-corrected chi connectivity index (χ0v) is 21.5. The molecule has 2 saturated carbocycles. The SMILES string of the molecule is CCCCCCCc1cnc(CC[C@H]2CC[C@H]([C@H]3CC[C@H](CCCCC)CC3)CC2)nc1. The van der Waals surface area contributed by atoms with Crippen LogP contribution in [-0.2, 0) is 12.8 Å². The van der Waals surface area contributed by atoms with Gasteiger partial charge in [0.1, 0.15) is 5.82 Å². The summed E-state index contributed by atoms with van der Waals surface area (Å²) in [5.41, 5.74) is 1.32. The molecule has 3 rings (SSSR count). The van der Waals surface area contributed by atoms with E-state index in [-0.39, 0.29) is 0 Å². The van der Waals surface area contributed by atoms with E-state index in [0.29, 0.717) is 0 Å². The minimum Gasteiger partial charge on any atom is -0.241 e. The molecule has 2 fully saturated rings. The van der Waals surface area contributed by atoms with Crippen LogP contribution in [0.4, 0.5) is 0 Å². The van der Waals surface area contributed by atoms with E-state index in [2.05, 4.69) is 36.2 Å². The van der Waals surface area contributed by atoms with Crippen LogP contribution < -0.4 is 0 Å². The molecule has 2 aliphatic carbocycles. The first-order valence-electron chi connectivity index (χ1n) is 14.6. The predicted molar refractivity (Wildman–Crippen MR) is 138 cm³/mol. The summed E-state index contributed by atoms with van der Waals surface area (Å²) in [6.45, 7) is 4.60. The number of aryl methyl sites for hydroxylation is 2. The van der Waals surface area contributed by atoms with Gasteiger partial charge in [-0.15, -0.1) is 0 Å². The van der Waals surface area contributed by atoms with Gasteiger partial charge in [0.25, 0.3) is 0 Å². The summed E-state index contributed by atoms with van der Waals surface area (Å²) in [7, 11) is 0. The topological polar surface area (TPSA) is 25.8 Å². The van der Waals surface area contributed by atoms with E-state index < -0.39 is 0 Å². The highest BCUT2D eigenvalue weighted by atomic mass is 14.9. The monoisotopic (exact) mass is 440 g/mol. The average molecular weight is 441 g/mol. The second-order valence-corrected chi connectivity index (χ2v) is 11.3. The van der Waals surface area contributed by atoms with E-state index in [9.17, 15) is 0 Å². The molecule has 0 bridgehead atoms. The Labute approximate surface area is 199 Å². The van der Waals surface area contributed by atoms with Gasteiger partial charge in [-0.05, 0) is 74.2 Å². The van der Waals surface area contributed by atoms with Crippen molar-refractivity contribution in [2.45, 2.75) is 142 Å². The molecule has 0 N–H and O–H groups in total. The fourth-order valence-electron chi connectivity index (χ4n) is 6.49. The summed E-state index contributed by atoms with van der Waals surface area (Å²) < 4.78 is 0. The molecular weight excluding hydrogens is 388 g/mol. The third kappa shape index (κ3) is 9.14. The highest BCUT2D eigenvalue weighted by molar-refractivity contribution is 5.05. The first kappa shape index (κ1) is 25.7. The molecule has 0 saturated heterocycles. The highest BCUT2D eigenvalue weighted by Gasteiger charge is 2.30. The summed E-state index contributed by atoms with van der Waals surface area (Å²) >= 11 is 0. The second kappa shape index (κ2) is 15.1. The van der Waals surface area contributed by atoms with Gasteiger partial charge in [0.05, 0.1) is 0 Å². The maximum absolute atomic E-state index is 4.69. The number of unbranched alkanes of at least 4 members (excludes halogenated alkanes) is 6. The molecule has 1 aromatic rings. The molecule has 2 aliphatic rings. The molecule has 182 valence electrons. The molecule has 0 unspecified atom stereocenters. The quantitative estimate of drug-likeness (QED) is 0.269. The van der Waals surface area contributed by atoms with Gasteiger partial charge in [-0.1, -0.05) is 90.9 Å². The molecule has 0 atom stereocenters. The van der Waals surface area contributed by atoms with Gasteiger partial charge in [0.2, 0.25) is 0 Å². The van der Waals surface area contributed by atoms with Crippen molar-refractivity contribution in [3.05, 3.63) is 23.8 Å². The Morgan fingerprint density at radius 1 is 0.594 bits per heavy atom. The average Bonchev–Trinajstić information content (AvgIpc) is 2.84. The first-order chi connectivity index (χ1) is 15.8. The van der Waals surface area contributed by atoms with E-state index in [0.717, 1.165) is 42.3 Å². The van der Waals surface area contributed by atoms with Gasteiger partial charge in [-0.2, -0.15) is 0 Å². The van der Waals surface area contributed by atoms with E-state index >= 15 is 0 Å². The van der Waals surface area contributed by atoms with E-state index in [1.54, 1.807) is 0 Å². The van der Waals surface area contributed by atoms with E-state index in [1.807, 2.05) is 0 Å². The summed E-state index contributed by atoms with van der Waals surface area (Å²) in [4.78, 5) is 9.38. The van der Waals surface area contributed by atoms with Crippen LogP contribution in [0.3, 0.4) is 0 Å². The Balaban J connectivity index is 1.27. The van der Waals surface area contributed by atoms with Crippen LogP contribution in [0.5, 0.6) is 0 Å². The number of rotatable bonds is 14. The Kier molecular flexibility index (Phi) is 12.1. The Morgan fingerprint density at radius 2 is 1.12 bits per heavy atom. The number of hydrogen-bond donors (Lipinski definition) is 0. The second-order valence-electron chi connectivity index (χ2n) is 11.3. The molecular formula is C30H52N2. The lowest BCUT2D eigenvalue weighted by Crippen LogP contribution is -2.26. The largest absolute Gasteiger partial charge is 0.241 e. The molecule has 32 heavy (non-hydrogen) atoms. The fraction of sp³-hybridized carbons (Fsp3) is 0.867. The maximum Gasteiger partial charge on any atom is 0.128 e. The molecule has 0 amide bonds. The van der Waals surface area contributed by atoms with E-state index in [1.165, 1.54) is 121 Å². The van der Waals surface area contributed by atoms with Crippen molar-refractivity contribution in [1.82, 2.24) is 9.97 Å². The first-order valence-corrected chi connectivity index (χ1v) is 14.6. The van der Waals surface area contributed by atoms with Crippen molar-refractivity contribution in [2.24, 2.45) is 23.7 Å². The third-order valence-corrected chi connectivity index (χ3v) is 8.77.